The maximum Gasteiger partial charge on any atom is 0.414 e. The molecule has 0 radical (unpaired) electrons. The van der Waals surface area contributed by atoms with Gasteiger partial charge in [-0.25, -0.2) is 4.79 Å². The van der Waals surface area contributed by atoms with Crippen LogP contribution in [0.25, 0.3) is 0 Å². The van der Waals surface area contributed by atoms with Crippen molar-refractivity contribution in [3.63, 3.8) is 0 Å². The van der Waals surface area contributed by atoms with Gasteiger partial charge in [0.25, 0.3) is 5.91 Å². The van der Waals surface area contributed by atoms with E-state index < -0.39 is 0 Å². The van der Waals surface area contributed by atoms with Crippen LogP contribution in [0.4, 0.5) is 10.5 Å². The summed E-state index contributed by atoms with van der Waals surface area (Å²) in [6, 6.07) is 9.88. The largest absolute Gasteiger partial charge is 0.446 e. The molecule has 8 nitrogen and oxygen atoms in total. The Morgan fingerprint density at radius 1 is 0.884 bits per heavy atom. The number of ether oxygens (including phenoxy) is 1. The summed E-state index contributed by atoms with van der Waals surface area (Å²) < 4.78 is 5.94. The van der Waals surface area contributed by atoms with Crippen LogP contribution in [0.5, 0.6) is 0 Å². The topological polar surface area (TPSA) is 73.4 Å². The fourth-order valence-electron chi connectivity index (χ4n) is 7.14. The first-order chi connectivity index (χ1) is 20.5. The SMILES string of the molecule is CC(=O)N1CCC(OC(=O)N(CCCN2CC3CN(C(=O)c4c(C)cc(C)cc4C)CC3C2)c2ccc(C)c(Cl)c2)CC1. The van der Waals surface area contributed by atoms with Gasteiger partial charge in [-0.05, 0) is 81.3 Å². The molecule has 3 fully saturated rings. The van der Waals surface area contributed by atoms with Crippen LogP contribution >= 0.6 is 11.6 Å². The molecule has 2 unspecified atom stereocenters. The normalized spacial score (nSPS) is 20.8. The van der Waals surface area contributed by atoms with E-state index in [4.69, 9.17) is 16.3 Å². The molecule has 3 saturated heterocycles. The number of nitrogens with zero attached hydrogens (tertiary/aromatic N) is 4. The molecule has 5 rings (SSSR count). The van der Waals surface area contributed by atoms with Crippen molar-refractivity contribution in [3.05, 3.63) is 63.2 Å². The lowest BCUT2D eigenvalue weighted by molar-refractivity contribution is -0.130. The van der Waals surface area contributed by atoms with Crippen LogP contribution in [0.2, 0.25) is 5.02 Å². The Hall–Kier alpha value is -3.10. The second kappa shape index (κ2) is 13.3. The summed E-state index contributed by atoms with van der Waals surface area (Å²) in [6.07, 6.45) is 1.52. The maximum atomic E-state index is 13.4. The quantitative estimate of drug-likeness (QED) is 0.408. The highest BCUT2D eigenvalue weighted by atomic mass is 35.5. The van der Waals surface area contributed by atoms with Crippen molar-refractivity contribution in [3.8, 4) is 0 Å². The molecule has 0 spiro atoms. The van der Waals surface area contributed by atoms with Gasteiger partial charge in [-0.1, -0.05) is 35.4 Å². The molecule has 43 heavy (non-hydrogen) atoms. The highest BCUT2D eigenvalue weighted by molar-refractivity contribution is 6.31. The Morgan fingerprint density at radius 2 is 1.51 bits per heavy atom. The number of benzene rings is 2. The Kier molecular flexibility index (Phi) is 9.67. The fraction of sp³-hybridized carbons (Fsp3) is 0.559. The number of piperidine rings is 1. The van der Waals surface area contributed by atoms with E-state index >= 15 is 0 Å². The van der Waals surface area contributed by atoms with Gasteiger partial charge < -0.3 is 19.4 Å². The number of likely N-dealkylation sites (tertiary alicyclic amines) is 3. The number of hydrogen-bond donors (Lipinski definition) is 0. The number of halogens is 1. The van der Waals surface area contributed by atoms with Crippen LogP contribution in [-0.2, 0) is 9.53 Å². The van der Waals surface area contributed by atoms with E-state index in [0.29, 0.717) is 49.3 Å². The molecule has 0 N–H and O–H groups in total. The minimum absolute atomic E-state index is 0.0579. The number of rotatable bonds is 7. The predicted octanol–water partition coefficient (Wildman–Crippen LogP) is 5.62. The zero-order valence-electron chi connectivity index (χ0n) is 26.2. The van der Waals surface area contributed by atoms with Crippen molar-refractivity contribution in [1.29, 1.82) is 0 Å². The van der Waals surface area contributed by atoms with E-state index in [1.54, 1.807) is 16.7 Å². The number of fused-ring (bicyclic) bond motifs is 1. The molecule has 3 aliphatic rings. The van der Waals surface area contributed by atoms with Crippen LogP contribution in [0.3, 0.4) is 0 Å². The summed E-state index contributed by atoms with van der Waals surface area (Å²) in [5, 5.41) is 0.618. The first-order valence-corrected chi connectivity index (χ1v) is 16.0. The van der Waals surface area contributed by atoms with Crippen molar-refractivity contribution >= 4 is 35.2 Å². The predicted molar refractivity (Wildman–Crippen MR) is 170 cm³/mol. The van der Waals surface area contributed by atoms with Gasteiger partial charge >= 0.3 is 6.09 Å². The molecule has 0 bridgehead atoms. The van der Waals surface area contributed by atoms with Crippen molar-refractivity contribution in [2.24, 2.45) is 11.8 Å². The maximum absolute atomic E-state index is 13.4. The van der Waals surface area contributed by atoms with Crippen LogP contribution in [-0.4, -0.2) is 91.1 Å². The van der Waals surface area contributed by atoms with Gasteiger partial charge in [0.2, 0.25) is 5.91 Å². The molecule has 0 saturated carbocycles. The smallest absolute Gasteiger partial charge is 0.414 e. The third kappa shape index (κ3) is 7.18. The van der Waals surface area contributed by atoms with Crippen LogP contribution in [0.1, 0.15) is 58.8 Å². The first kappa shape index (κ1) is 31.3. The molecule has 9 heteroatoms. The average molecular weight is 609 g/mol. The summed E-state index contributed by atoms with van der Waals surface area (Å²) in [5.74, 6) is 1.18. The standard InChI is InChI=1S/C34H45ClN4O4/c1-22-15-24(3)32(25(4)16-22)33(41)38-20-27-18-36(19-28(27)21-38)11-6-12-39(29-8-7-23(2)31(35)17-29)34(42)43-30-9-13-37(14-10-30)26(5)40/h7-8,15-17,27-28,30H,6,9-14,18-21H2,1-5H3. The average Bonchev–Trinajstić information content (AvgIpc) is 3.51. The minimum Gasteiger partial charge on any atom is -0.446 e. The highest BCUT2D eigenvalue weighted by Gasteiger charge is 2.42. The summed E-state index contributed by atoms with van der Waals surface area (Å²) in [4.78, 5) is 46.6. The van der Waals surface area contributed by atoms with Crippen molar-refractivity contribution in [2.45, 2.75) is 60.0 Å². The summed E-state index contributed by atoms with van der Waals surface area (Å²) in [7, 11) is 0. The number of amides is 3. The van der Waals surface area contributed by atoms with Crippen LogP contribution in [0, 0.1) is 39.5 Å². The molecular formula is C34H45ClN4O4. The summed E-state index contributed by atoms with van der Waals surface area (Å²) >= 11 is 6.44. The van der Waals surface area contributed by atoms with Gasteiger partial charge in [-0.15, -0.1) is 0 Å². The number of carbonyl (C=O) groups excluding carboxylic acids is 3. The molecule has 3 heterocycles. The van der Waals surface area contributed by atoms with Gasteiger partial charge in [0.05, 0.1) is 0 Å². The fourth-order valence-corrected chi connectivity index (χ4v) is 7.31. The summed E-state index contributed by atoms with van der Waals surface area (Å²) in [6.45, 7) is 15.8. The monoisotopic (exact) mass is 608 g/mol. The van der Waals surface area contributed by atoms with Gasteiger partial charge in [0, 0.05) is 81.9 Å². The lowest BCUT2D eigenvalue weighted by Gasteiger charge is -2.32. The zero-order chi connectivity index (χ0) is 30.8. The number of carbonyl (C=O) groups is 3. The molecular weight excluding hydrogens is 564 g/mol. The third-order valence-electron chi connectivity index (χ3n) is 9.44. The van der Waals surface area contributed by atoms with Crippen LogP contribution < -0.4 is 4.90 Å². The van der Waals surface area contributed by atoms with Gasteiger partial charge in [0.1, 0.15) is 6.10 Å². The number of aryl methyl sites for hydroxylation is 4. The minimum atomic E-state index is -0.365. The first-order valence-electron chi connectivity index (χ1n) is 15.6. The Labute approximate surface area is 260 Å². The molecule has 0 aromatic heterocycles. The van der Waals surface area contributed by atoms with Gasteiger partial charge in [0.15, 0.2) is 0 Å². The lowest BCUT2D eigenvalue weighted by atomic mass is 9.99. The molecule has 232 valence electrons. The molecule has 2 aromatic rings. The van der Waals surface area contributed by atoms with E-state index in [1.165, 1.54) is 5.56 Å². The number of anilines is 1. The van der Waals surface area contributed by atoms with Gasteiger partial charge in [-0.3, -0.25) is 14.5 Å². The Balaban J connectivity index is 1.15. The second-order valence-corrected chi connectivity index (χ2v) is 13.2. The Morgan fingerprint density at radius 3 is 2.09 bits per heavy atom. The van der Waals surface area contributed by atoms with E-state index in [9.17, 15) is 14.4 Å². The van der Waals surface area contributed by atoms with E-state index in [0.717, 1.165) is 67.1 Å². The molecule has 0 aliphatic carbocycles. The van der Waals surface area contributed by atoms with Crippen molar-refractivity contribution in [2.75, 3.05) is 57.3 Å². The van der Waals surface area contributed by atoms with Crippen molar-refractivity contribution in [1.82, 2.24) is 14.7 Å². The zero-order valence-corrected chi connectivity index (χ0v) is 27.0. The molecule has 3 aliphatic heterocycles. The number of hydrogen-bond acceptors (Lipinski definition) is 5. The molecule has 2 aromatic carbocycles. The molecule has 3 amide bonds. The van der Waals surface area contributed by atoms with Crippen LogP contribution in [0.15, 0.2) is 30.3 Å². The van der Waals surface area contributed by atoms with Gasteiger partial charge in [-0.2, -0.15) is 0 Å². The molecule has 2 atom stereocenters. The van der Waals surface area contributed by atoms with E-state index in [1.807, 2.05) is 39.0 Å². The van der Waals surface area contributed by atoms with Crippen molar-refractivity contribution < 1.29 is 19.1 Å². The lowest BCUT2D eigenvalue weighted by Crippen LogP contribution is -2.43. The van der Waals surface area contributed by atoms with E-state index in [-0.39, 0.29) is 24.0 Å². The Bertz CT molecular complexity index is 1340. The summed E-state index contributed by atoms with van der Waals surface area (Å²) in [5.41, 5.74) is 5.85. The highest BCUT2D eigenvalue weighted by Crippen LogP contribution is 2.33. The second-order valence-electron chi connectivity index (χ2n) is 12.8. The third-order valence-corrected chi connectivity index (χ3v) is 9.85. The van der Waals surface area contributed by atoms with E-state index in [2.05, 4.69) is 28.9 Å².